The van der Waals surface area contributed by atoms with Crippen LogP contribution in [0.1, 0.15) is 25.3 Å². The lowest BCUT2D eigenvalue weighted by Crippen LogP contribution is -2.32. The van der Waals surface area contributed by atoms with E-state index in [0.717, 1.165) is 43.2 Å². The highest BCUT2D eigenvalue weighted by molar-refractivity contribution is 6.33. The molecule has 2 rings (SSSR count). The molecule has 3 nitrogen and oxygen atoms in total. The number of hydrogen-bond acceptors (Lipinski definition) is 3. The van der Waals surface area contributed by atoms with Gasteiger partial charge in [-0.05, 0) is 50.4 Å². The molecule has 1 heterocycles. The summed E-state index contributed by atoms with van der Waals surface area (Å²) in [4.78, 5) is 2.30. The Kier molecular flexibility index (Phi) is 5.49. The van der Waals surface area contributed by atoms with E-state index < -0.39 is 0 Å². The van der Waals surface area contributed by atoms with Crippen LogP contribution >= 0.6 is 11.6 Å². The van der Waals surface area contributed by atoms with E-state index in [0.29, 0.717) is 12.6 Å². The van der Waals surface area contributed by atoms with Crippen molar-refractivity contribution < 1.29 is 4.74 Å². The number of benzene rings is 1. The third-order valence-electron chi connectivity index (χ3n) is 3.62. The standard InChI is InChI=1S/C15H23ClN2O/c1-2-18(11-13-4-3-9-19-13)15-6-5-12(7-8-17)10-14(15)16/h5-6,10,13H,2-4,7-9,11,17H2,1H3. The second-order valence-electron chi connectivity index (χ2n) is 5.00. The van der Waals surface area contributed by atoms with E-state index in [1.54, 1.807) is 0 Å². The summed E-state index contributed by atoms with van der Waals surface area (Å²) in [6.07, 6.45) is 3.54. The van der Waals surface area contributed by atoms with E-state index >= 15 is 0 Å². The van der Waals surface area contributed by atoms with Gasteiger partial charge in [0, 0.05) is 19.7 Å². The molecule has 1 aromatic carbocycles. The zero-order chi connectivity index (χ0) is 13.7. The van der Waals surface area contributed by atoms with E-state index in [4.69, 9.17) is 22.1 Å². The van der Waals surface area contributed by atoms with Crippen LogP contribution in [0.15, 0.2) is 18.2 Å². The molecule has 0 spiro atoms. The van der Waals surface area contributed by atoms with Crippen molar-refractivity contribution in [2.45, 2.75) is 32.3 Å². The summed E-state index contributed by atoms with van der Waals surface area (Å²) in [5, 5.41) is 0.811. The second kappa shape index (κ2) is 7.13. The molecule has 2 N–H and O–H groups in total. The van der Waals surface area contributed by atoms with Crippen molar-refractivity contribution in [2.24, 2.45) is 5.73 Å². The Bertz CT molecular complexity index is 405. The summed E-state index contributed by atoms with van der Waals surface area (Å²) >= 11 is 6.40. The highest BCUT2D eigenvalue weighted by Gasteiger charge is 2.19. The van der Waals surface area contributed by atoms with E-state index in [9.17, 15) is 0 Å². The smallest absolute Gasteiger partial charge is 0.0750 e. The van der Waals surface area contributed by atoms with Gasteiger partial charge in [-0.1, -0.05) is 17.7 Å². The van der Waals surface area contributed by atoms with Crippen LogP contribution in [0.2, 0.25) is 5.02 Å². The maximum atomic E-state index is 6.40. The van der Waals surface area contributed by atoms with Gasteiger partial charge in [0.1, 0.15) is 0 Å². The fourth-order valence-corrected chi connectivity index (χ4v) is 2.88. The number of halogens is 1. The zero-order valence-electron chi connectivity index (χ0n) is 11.6. The summed E-state index contributed by atoms with van der Waals surface area (Å²) in [6.45, 7) is 5.57. The van der Waals surface area contributed by atoms with Crippen molar-refractivity contribution in [3.8, 4) is 0 Å². The Labute approximate surface area is 120 Å². The van der Waals surface area contributed by atoms with Crippen LogP contribution in [0.4, 0.5) is 5.69 Å². The van der Waals surface area contributed by atoms with E-state index in [2.05, 4.69) is 24.0 Å². The number of nitrogens with two attached hydrogens (primary N) is 1. The monoisotopic (exact) mass is 282 g/mol. The van der Waals surface area contributed by atoms with Gasteiger partial charge in [-0.2, -0.15) is 0 Å². The normalized spacial score (nSPS) is 18.8. The molecule has 0 aliphatic carbocycles. The molecule has 0 bridgehead atoms. The van der Waals surface area contributed by atoms with Gasteiger partial charge in [-0.15, -0.1) is 0 Å². The molecular weight excluding hydrogens is 260 g/mol. The van der Waals surface area contributed by atoms with E-state index in [1.165, 1.54) is 12.0 Å². The first-order chi connectivity index (χ1) is 9.24. The first kappa shape index (κ1) is 14.6. The number of nitrogens with zero attached hydrogens (tertiary/aromatic N) is 1. The van der Waals surface area contributed by atoms with Crippen LogP contribution in [0.3, 0.4) is 0 Å². The Morgan fingerprint density at radius 2 is 2.32 bits per heavy atom. The maximum absolute atomic E-state index is 6.40. The molecule has 1 atom stereocenters. The molecule has 1 aromatic rings. The van der Waals surface area contributed by atoms with Gasteiger partial charge < -0.3 is 15.4 Å². The third kappa shape index (κ3) is 3.85. The number of hydrogen-bond donors (Lipinski definition) is 1. The van der Waals surface area contributed by atoms with Gasteiger partial charge in [0.15, 0.2) is 0 Å². The topological polar surface area (TPSA) is 38.5 Å². The summed E-state index contributed by atoms with van der Waals surface area (Å²) in [5.41, 5.74) is 7.87. The predicted molar refractivity (Wildman–Crippen MR) is 81.1 cm³/mol. The van der Waals surface area contributed by atoms with E-state index in [-0.39, 0.29) is 0 Å². The average molecular weight is 283 g/mol. The van der Waals surface area contributed by atoms with Crippen molar-refractivity contribution in [3.63, 3.8) is 0 Å². The lowest BCUT2D eigenvalue weighted by molar-refractivity contribution is 0.115. The molecule has 0 radical (unpaired) electrons. The number of ether oxygens (including phenoxy) is 1. The van der Waals surface area contributed by atoms with Gasteiger partial charge in [-0.25, -0.2) is 0 Å². The Morgan fingerprint density at radius 3 is 2.89 bits per heavy atom. The predicted octanol–water partition coefficient (Wildman–Crippen LogP) is 2.85. The van der Waals surface area contributed by atoms with Crippen LogP contribution in [-0.4, -0.2) is 32.3 Å². The Balaban J connectivity index is 2.08. The molecule has 1 fully saturated rings. The lowest BCUT2D eigenvalue weighted by Gasteiger charge is -2.27. The van der Waals surface area contributed by atoms with Crippen LogP contribution in [-0.2, 0) is 11.2 Å². The molecule has 1 aliphatic rings. The molecule has 1 unspecified atom stereocenters. The minimum absolute atomic E-state index is 0.347. The fraction of sp³-hybridized carbons (Fsp3) is 0.600. The first-order valence-electron chi connectivity index (χ1n) is 7.09. The zero-order valence-corrected chi connectivity index (χ0v) is 12.3. The SMILES string of the molecule is CCN(CC1CCCO1)c1ccc(CCN)cc1Cl. The fourth-order valence-electron chi connectivity index (χ4n) is 2.56. The minimum Gasteiger partial charge on any atom is -0.376 e. The van der Waals surface area contributed by atoms with Crippen LogP contribution in [0.25, 0.3) is 0 Å². The maximum Gasteiger partial charge on any atom is 0.0750 e. The second-order valence-corrected chi connectivity index (χ2v) is 5.41. The molecule has 1 aliphatic heterocycles. The van der Waals surface area contributed by atoms with Gasteiger partial charge in [0.25, 0.3) is 0 Å². The number of likely N-dealkylation sites (N-methyl/N-ethyl adjacent to an activating group) is 1. The van der Waals surface area contributed by atoms with Crippen molar-refractivity contribution in [1.82, 2.24) is 0 Å². The summed E-state index contributed by atoms with van der Waals surface area (Å²) in [5.74, 6) is 0. The summed E-state index contributed by atoms with van der Waals surface area (Å²) < 4.78 is 5.71. The van der Waals surface area contributed by atoms with Crippen molar-refractivity contribution in [1.29, 1.82) is 0 Å². The summed E-state index contributed by atoms with van der Waals surface area (Å²) in [6, 6.07) is 6.25. The van der Waals surface area contributed by atoms with Crippen molar-refractivity contribution in [3.05, 3.63) is 28.8 Å². The molecule has 106 valence electrons. The van der Waals surface area contributed by atoms with Gasteiger partial charge >= 0.3 is 0 Å². The molecule has 0 amide bonds. The summed E-state index contributed by atoms with van der Waals surface area (Å²) in [7, 11) is 0. The molecule has 0 aromatic heterocycles. The van der Waals surface area contributed by atoms with Crippen LogP contribution in [0.5, 0.6) is 0 Å². The number of rotatable bonds is 6. The number of anilines is 1. The molecule has 0 saturated carbocycles. The minimum atomic E-state index is 0.347. The Morgan fingerprint density at radius 1 is 1.47 bits per heavy atom. The third-order valence-corrected chi connectivity index (χ3v) is 3.92. The molecule has 4 heteroatoms. The largest absolute Gasteiger partial charge is 0.376 e. The van der Waals surface area contributed by atoms with Crippen molar-refractivity contribution >= 4 is 17.3 Å². The van der Waals surface area contributed by atoms with E-state index in [1.807, 2.05) is 6.07 Å². The average Bonchev–Trinajstić information content (AvgIpc) is 2.90. The molecular formula is C15H23ClN2O. The highest BCUT2D eigenvalue weighted by Crippen LogP contribution is 2.28. The quantitative estimate of drug-likeness (QED) is 0.872. The molecule has 19 heavy (non-hydrogen) atoms. The first-order valence-corrected chi connectivity index (χ1v) is 7.47. The lowest BCUT2D eigenvalue weighted by atomic mass is 10.1. The molecule has 1 saturated heterocycles. The van der Waals surface area contributed by atoms with Crippen LogP contribution < -0.4 is 10.6 Å². The Hall–Kier alpha value is -0.770. The van der Waals surface area contributed by atoms with Gasteiger partial charge in [0.05, 0.1) is 16.8 Å². The van der Waals surface area contributed by atoms with Crippen LogP contribution in [0, 0.1) is 0 Å². The van der Waals surface area contributed by atoms with Gasteiger partial charge in [-0.3, -0.25) is 0 Å². The van der Waals surface area contributed by atoms with Gasteiger partial charge in [0.2, 0.25) is 0 Å². The van der Waals surface area contributed by atoms with Crippen molar-refractivity contribution in [2.75, 3.05) is 31.1 Å². The highest BCUT2D eigenvalue weighted by atomic mass is 35.5.